The predicted molar refractivity (Wildman–Crippen MR) is 97.2 cm³/mol. The number of piperidine rings is 1. The molecule has 1 saturated heterocycles. The van der Waals surface area contributed by atoms with E-state index in [9.17, 15) is 9.59 Å². The van der Waals surface area contributed by atoms with Crippen molar-refractivity contribution in [2.45, 2.75) is 63.9 Å². The van der Waals surface area contributed by atoms with E-state index in [-0.39, 0.29) is 36.3 Å². The van der Waals surface area contributed by atoms with Gasteiger partial charge in [-0.2, -0.15) is 0 Å². The molecular formula is C19H27NO3S. The van der Waals surface area contributed by atoms with Crippen molar-refractivity contribution in [3.8, 4) is 0 Å². The highest BCUT2D eigenvalue weighted by Gasteiger charge is 2.29. The van der Waals surface area contributed by atoms with Gasteiger partial charge in [-0.3, -0.25) is 9.59 Å². The van der Waals surface area contributed by atoms with Crippen molar-refractivity contribution >= 4 is 23.6 Å². The maximum atomic E-state index is 12.3. The second-order valence-corrected chi connectivity index (χ2v) is 7.67. The van der Waals surface area contributed by atoms with Gasteiger partial charge < -0.3 is 9.64 Å². The molecule has 0 aliphatic carbocycles. The van der Waals surface area contributed by atoms with Gasteiger partial charge in [-0.15, -0.1) is 11.8 Å². The first-order valence-electron chi connectivity index (χ1n) is 8.55. The minimum atomic E-state index is -0.341. The van der Waals surface area contributed by atoms with Gasteiger partial charge in [0.05, 0.1) is 5.75 Å². The number of benzene rings is 1. The van der Waals surface area contributed by atoms with E-state index in [2.05, 4.69) is 26.0 Å². The molecule has 2 atom stereocenters. The molecule has 0 unspecified atom stereocenters. The highest BCUT2D eigenvalue weighted by molar-refractivity contribution is 8.00. The van der Waals surface area contributed by atoms with Crippen LogP contribution >= 0.6 is 11.8 Å². The van der Waals surface area contributed by atoms with E-state index in [1.807, 2.05) is 24.8 Å². The zero-order valence-corrected chi connectivity index (χ0v) is 15.8. The first kappa shape index (κ1) is 18.8. The van der Waals surface area contributed by atoms with Crippen LogP contribution < -0.4 is 0 Å². The number of rotatable bonds is 5. The predicted octanol–water partition coefficient (Wildman–Crippen LogP) is 3.73. The number of hydrogen-bond acceptors (Lipinski definition) is 4. The van der Waals surface area contributed by atoms with Crippen molar-refractivity contribution in [3.63, 3.8) is 0 Å². The number of carbonyl (C=O) groups excluding carboxylic acids is 2. The summed E-state index contributed by atoms with van der Waals surface area (Å²) in [6.45, 7) is 8.02. The molecule has 1 heterocycles. The second-order valence-electron chi connectivity index (χ2n) is 6.65. The minimum Gasteiger partial charge on any atom is -0.455 e. The Hall–Kier alpha value is -1.49. The Labute approximate surface area is 148 Å². The minimum absolute atomic E-state index is 0.0835. The number of carbonyl (C=O) groups is 2. The fourth-order valence-electron chi connectivity index (χ4n) is 3.17. The van der Waals surface area contributed by atoms with Gasteiger partial charge in [0.2, 0.25) is 0 Å². The summed E-state index contributed by atoms with van der Waals surface area (Å²) in [5.41, 5.74) is 2.31. The third-order valence-corrected chi connectivity index (χ3v) is 5.66. The van der Waals surface area contributed by atoms with E-state index < -0.39 is 0 Å². The van der Waals surface area contributed by atoms with Crippen molar-refractivity contribution in [3.05, 3.63) is 29.3 Å². The molecule has 4 nitrogen and oxygen atoms in total. The molecule has 1 aromatic rings. The van der Waals surface area contributed by atoms with Gasteiger partial charge in [0, 0.05) is 17.0 Å². The number of esters is 1. The summed E-state index contributed by atoms with van der Waals surface area (Å²) in [5.74, 6) is -0.200. The van der Waals surface area contributed by atoms with Crippen molar-refractivity contribution in [2.24, 2.45) is 0 Å². The summed E-state index contributed by atoms with van der Waals surface area (Å²) < 4.78 is 5.19. The average Bonchev–Trinajstić information content (AvgIpc) is 2.53. The number of amides is 1. The normalized spacial score (nSPS) is 20.8. The Morgan fingerprint density at radius 1 is 1.21 bits per heavy atom. The SMILES string of the molecule is Cc1ccc(C)c(SCC(=O)OCC(=O)N2[C@H](C)CCC[C@@H]2C)c1. The molecular weight excluding hydrogens is 322 g/mol. The van der Waals surface area contributed by atoms with E-state index in [0.29, 0.717) is 0 Å². The van der Waals surface area contributed by atoms with Gasteiger partial charge in [0.15, 0.2) is 6.61 Å². The van der Waals surface area contributed by atoms with Gasteiger partial charge in [-0.1, -0.05) is 17.7 Å². The Morgan fingerprint density at radius 2 is 1.88 bits per heavy atom. The van der Waals surface area contributed by atoms with E-state index >= 15 is 0 Å². The number of thioether (sulfide) groups is 1. The summed E-state index contributed by atoms with van der Waals surface area (Å²) >= 11 is 1.46. The van der Waals surface area contributed by atoms with Gasteiger partial charge >= 0.3 is 5.97 Å². The Bertz CT molecular complexity index is 592. The fourth-order valence-corrected chi connectivity index (χ4v) is 4.09. The summed E-state index contributed by atoms with van der Waals surface area (Å²) in [6.07, 6.45) is 3.19. The van der Waals surface area contributed by atoms with Crippen LogP contribution in [0.4, 0.5) is 0 Å². The smallest absolute Gasteiger partial charge is 0.316 e. The quantitative estimate of drug-likeness (QED) is 0.600. The van der Waals surface area contributed by atoms with E-state index in [1.54, 1.807) is 0 Å². The van der Waals surface area contributed by atoms with Crippen LogP contribution in [0.25, 0.3) is 0 Å². The Morgan fingerprint density at radius 3 is 2.54 bits per heavy atom. The molecule has 1 aliphatic heterocycles. The zero-order chi connectivity index (χ0) is 17.7. The van der Waals surface area contributed by atoms with Crippen LogP contribution in [0.15, 0.2) is 23.1 Å². The number of likely N-dealkylation sites (tertiary alicyclic amines) is 1. The van der Waals surface area contributed by atoms with Crippen molar-refractivity contribution in [2.75, 3.05) is 12.4 Å². The van der Waals surface area contributed by atoms with E-state index in [1.165, 1.54) is 17.3 Å². The fraction of sp³-hybridized carbons (Fsp3) is 0.579. The van der Waals surface area contributed by atoms with Crippen LogP contribution in [-0.4, -0.2) is 41.2 Å². The summed E-state index contributed by atoms with van der Waals surface area (Å²) in [4.78, 5) is 27.2. The average molecular weight is 349 g/mol. The molecule has 1 amide bonds. The van der Waals surface area contributed by atoms with Crippen LogP contribution in [0.1, 0.15) is 44.2 Å². The van der Waals surface area contributed by atoms with E-state index in [0.717, 1.165) is 29.7 Å². The highest BCUT2D eigenvalue weighted by Crippen LogP contribution is 2.24. The van der Waals surface area contributed by atoms with Crippen LogP contribution in [-0.2, 0) is 14.3 Å². The largest absolute Gasteiger partial charge is 0.455 e. The maximum absolute atomic E-state index is 12.3. The van der Waals surface area contributed by atoms with E-state index in [4.69, 9.17) is 4.74 Å². The molecule has 0 bridgehead atoms. The lowest BCUT2D eigenvalue weighted by Gasteiger charge is -2.38. The van der Waals surface area contributed by atoms with Crippen LogP contribution in [0, 0.1) is 13.8 Å². The van der Waals surface area contributed by atoms with Crippen LogP contribution in [0.5, 0.6) is 0 Å². The number of nitrogens with zero attached hydrogens (tertiary/aromatic N) is 1. The van der Waals surface area contributed by atoms with Crippen molar-refractivity contribution in [1.29, 1.82) is 0 Å². The molecule has 24 heavy (non-hydrogen) atoms. The molecule has 1 aliphatic rings. The summed E-state index contributed by atoms with van der Waals surface area (Å²) in [7, 11) is 0. The molecule has 0 aromatic heterocycles. The Kier molecular flexibility index (Phi) is 6.72. The monoisotopic (exact) mass is 349 g/mol. The van der Waals surface area contributed by atoms with Crippen LogP contribution in [0.2, 0.25) is 0 Å². The lowest BCUT2D eigenvalue weighted by atomic mass is 9.97. The highest BCUT2D eigenvalue weighted by atomic mass is 32.2. The van der Waals surface area contributed by atoms with Gasteiger partial charge in [0.25, 0.3) is 5.91 Å². The molecule has 2 rings (SSSR count). The number of hydrogen-bond donors (Lipinski definition) is 0. The third kappa shape index (κ3) is 5.00. The summed E-state index contributed by atoms with van der Waals surface area (Å²) in [6, 6.07) is 6.62. The zero-order valence-electron chi connectivity index (χ0n) is 15.0. The first-order chi connectivity index (χ1) is 11.4. The molecule has 0 radical (unpaired) electrons. The third-order valence-electron chi connectivity index (χ3n) is 4.53. The molecule has 1 aromatic carbocycles. The van der Waals surface area contributed by atoms with Gasteiger partial charge in [-0.25, -0.2) is 0 Å². The molecule has 5 heteroatoms. The molecule has 0 saturated carbocycles. The first-order valence-corrected chi connectivity index (χ1v) is 9.54. The summed E-state index contributed by atoms with van der Waals surface area (Å²) in [5, 5.41) is 0. The van der Waals surface area contributed by atoms with Crippen LogP contribution in [0.3, 0.4) is 0 Å². The standard InChI is InChI=1S/C19H27NO3S/c1-13-8-9-14(2)17(10-13)24-12-19(22)23-11-18(21)20-15(3)6-5-7-16(20)4/h8-10,15-16H,5-7,11-12H2,1-4H3/t15-,16+. The lowest BCUT2D eigenvalue weighted by molar-refractivity contribution is -0.153. The molecule has 0 N–H and O–H groups in total. The van der Waals surface area contributed by atoms with Gasteiger partial charge in [0.1, 0.15) is 0 Å². The number of aryl methyl sites for hydroxylation is 2. The Balaban J connectivity index is 1.80. The second kappa shape index (κ2) is 8.56. The van der Waals surface area contributed by atoms with Gasteiger partial charge in [-0.05, 0) is 58.6 Å². The molecule has 0 spiro atoms. The topological polar surface area (TPSA) is 46.6 Å². The lowest BCUT2D eigenvalue weighted by Crippen LogP contribution is -2.49. The van der Waals surface area contributed by atoms with Crippen molar-refractivity contribution < 1.29 is 14.3 Å². The molecule has 132 valence electrons. The maximum Gasteiger partial charge on any atom is 0.316 e. The van der Waals surface area contributed by atoms with Crippen molar-refractivity contribution in [1.82, 2.24) is 4.90 Å². The number of ether oxygens (including phenoxy) is 1. The molecule has 1 fully saturated rings.